The minimum absolute atomic E-state index is 0.0488. The quantitative estimate of drug-likeness (QED) is 0.668. The van der Waals surface area contributed by atoms with Crippen molar-refractivity contribution in [2.75, 3.05) is 0 Å². The molecule has 2 N–H and O–H groups in total. The van der Waals surface area contributed by atoms with Gasteiger partial charge in [0.05, 0.1) is 11.1 Å². The van der Waals surface area contributed by atoms with E-state index in [-0.39, 0.29) is 10.6 Å². The first kappa shape index (κ1) is 14.1. The van der Waals surface area contributed by atoms with E-state index in [1.54, 1.807) is 36.4 Å². The molecule has 0 radical (unpaired) electrons. The summed E-state index contributed by atoms with van der Waals surface area (Å²) in [5.41, 5.74) is 1.34. The maximum Gasteiger partial charge on any atom is 0.276 e. The van der Waals surface area contributed by atoms with Gasteiger partial charge in [-0.15, -0.1) is 0 Å². The molecule has 2 aromatic rings. The van der Waals surface area contributed by atoms with Gasteiger partial charge in [0.25, 0.3) is 10.0 Å². The molecule has 0 saturated heterocycles. The van der Waals surface area contributed by atoms with Crippen molar-refractivity contribution in [3.8, 4) is 5.75 Å². The first-order valence-electron chi connectivity index (χ1n) is 5.88. The third-order valence-corrected chi connectivity index (χ3v) is 3.85. The third kappa shape index (κ3) is 3.36. The van der Waals surface area contributed by atoms with Gasteiger partial charge in [0, 0.05) is 5.56 Å². The lowest BCUT2D eigenvalue weighted by Crippen LogP contribution is -2.18. The van der Waals surface area contributed by atoms with Crippen LogP contribution in [-0.2, 0) is 10.0 Å². The van der Waals surface area contributed by atoms with Crippen molar-refractivity contribution in [3.05, 3.63) is 59.7 Å². The fourth-order valence-corrected chi connectivity index (χ4v) is 2.39. The Kier molecular flexibility index (Phi) is 4.05. The van der Waals surface area contributed by atoms with E-state index in [1.165, 1.54) is 18.3 Å². The zero-order valence-corrected chi connectivity index (χ0v) is 11.6. The summed E-state index contributed by atoms with van der Waals surface area (Å²) in [6.07, 6.45) is 1.26. The maximum absolute atomic E-state index is 11.9. The van der Waals surface area contributed by atoms with Crippen LogP contribution in [0.5, 0.6) is 5.75 Å². The normalized spacial score (nSPS) is 11.7. The number of hydrogen-bond donors (Lipinski definition) is 2. The van der Waals surface area contributed by atoms with Gasteiger partial charge in [-0.2, -0.15) is 13.5 Å². The SMILES string of the molecule is Cc1ccc(C=NNS(=O)(=O)c2ccccc2)c(O)c1. The maximum atomic E-state index is 11.9. The number of rotatable bonds is 4. The fraction of sp³-hybridized carbons (Fsp3) is 0.0714. The van der Waals surface area contributed by atoms with E-state index in [9.17, 15) is 13.5 Å². The Morgan fingerprint density at radius 3 is 2.50 bits per heavy atom. The first-order chi connectivity index (χ1) is 9.49. The molecule has 0 fully saturated rings. The number of hydrazone groups is 1. The van der Waals surface area contributed by atoms with Gasteiger partial charge in [-0.25, -0.2) is 4.83 Å². The molecule has 0 aliphatic heterocycles. The lowest BCUT2D eigenvalue weighted by atomic mass is 10.1. The van der Waals surface area contributed by atoms with Gasteiger partial charge in [-0.3, -0.25) is 0 Å². The monoisotopic (exact) mass is 290 g/mol. The molecule has 0 spiro atoms. The summed E-state index contributed by atoms with van der Waals surface area (Å²) in [6, 6.07) is 13.0. The third-order valence-electron chi connectivity index (χ3n) is 2.62. The molecular formula is C14H14N2O3S. The Morgan fingerprint density at radius 1 is 1.15 bits per heavy atom. The van der Waals surface area contributed by atoms with E-state index in [2.05, 4.69) is 9.93 Å². The highest BCUT2D eigenvalue weighted by molar-refractivity contribution is 7.89. The molecule has 0 unspecified atom stereocenters. The molecule has 0 saturated carbocycles. The molecule has 0 amide bonds. The van der Waals surface area contributed by atoms with Crippen molar-refractivity contribution in [1.29, 1.82) is 0 Å². The van der Waals surface area contributed by atoms with Crippen LogP contribution in [0.25, 0.3) is 0 Å². The molecule has 2 aromatic carbocycles. The Labute approximate surface area is 117 Å². The molecular weight excluding hydrogens is 276 g/mol. The van der Waals surface area contributed by atoms with Crippen LogP contribution < -0.4 is 4.83 Å². The summed E-state index contributed by atoms with van der Waals surface area (Å²) in [7, 11) is -3.68. The second-order valence-electron chi connectivity index (χ2n) is 4.23. The minimum atomic E-state index is -3.68. The molecule has 0 heterocycles. The van der Waals surface area contributed by atoms with Gasteiger partial charge >= 0.3 is 0 Å². The summed E-state index contributed by atoms with van der Waals surface area (Å²) in [4.78, 5) is 2.23. The van der Waals surface area contributed by atoms with E-state index in [1.807, 2.05) is 6.92 Å². The number of phenols is 1. The highest BCUT2D eigenvalue weighted by Gasteiger charge is 2.11. The van der Waals surface area contributed by atoms with Crippen LogP contribution in [0.15, 0.2) is 58.5 Å². The molecule has 0 aliphatic carbocycles. The molecule has 0 bridgehead atoms. The highest BCUT2D eigenvalue weighted by Crippen LogP contribution is 2.16. The summed E-state index contributed by atoms with van der Waals surface area (Å²) >= 11 is 0. The summed E-state index contributed by atoms with van der Waals surface area (Å²) in [5.74, 6) is 0.0488. The lowest BCUT2D eigenvalue weighted by molar-refractivity contribution is 0.474. The van der Waals surface area contributed by atoms with Crippen LogP contribution in [0.2, 0.25) is 0 Å². The summed E-state index contributed by atoms with van der Waals surface area (Å²) in [5, 5.41) is 13.3. The van der Waals surface area contributed by atoms with Crippen LogP contribution in [-0.4, -0.2) is 19.7 Å². The van der Waals surface area contributed by atoms with E-state index in [0.717, 1.165) is 5.56 Å². The number of benzene rings is 2. The van der Waals surface area contributed by atoms with Crippen LogP contribution >= 0.6 is 0 Å². The van der Waals surface area contributed by atoms with E-state index in [4.69, 9.17) is 0 Å². The molecule has 6 heteroatoms. The molecule has 0 aromatic heterocycles. The van der Waals surface area contributed by atoms with E-state index >= 15 is 0 Å². The summed E-state index contributed by atoms with van der Waals surface area (Å²) in [6.45, 7) is 1.85. The minimum Gasteiger partial charge on any atom is -0.507 e. The second kappa shape index (κ2) is 5.75. The number of aromatic hydroxyl groups is 1. The van der Waals surface area contributed by atoms with Crippen LogP contribution in [0, 0.1) is 6.92 Å². The number of sulfonamides is 1. The van der Waals surface area contributed by atoms with E-state index in [0.29, 0.717) is 5.56 Å². The van der Waals surface area contributed by atoms with Crippen molar-refractivity contribution in [1.82, 2.24) is 4.83 Å². The van der Waals surface area contributed by atoms with Gasteiger partial charge in [-0.05, 0) is 36.8 Å². The topological polar surface area (TPSA) is 78.8 Å². The fourth-order valence-electron chi connectivity index (χ4n) is 1.58. The highest BCUT2D eigenvalue weighted by atomic mass is 32.2. The zero-order valence-electron chi connectivity index (χ0n) is 10.8. The zero-order chi connectivity index (χ0) is 14.6. The first-order valence-corrected chi connectivity index (χ1v) is 7.37. The van der Waals surface area contributed by atoms with Crippen molar-refractivity contribution < 1.29 is 13.5 Å². The lowest BCUT2D eigenvalue weighted by Gasteiger charge is -2.03. The second-order valence-corrected chi connectivity index (χ2v) is 5.89. The molecule has 5 nitrogen and oxygen atoms in total. The Hall–Kier alpha value is -2.34. The van der Waals surface area contributed by atoms with Gasteiger partial charge in [0.2, 0.25) is 0 Å². The van der Waals surface area contributed by atoms with Crippen molar-refractivity contribution in [3.63, 3.8) is 0 Å². The average Bonchev–Trinajstić information content (AvgIpc) is 2.42. The number of hydrogen-bond acceptors (Lipinski definition) is 4. The van der Waals surface area contributed by atoms with E-state index < -0.39 is 10.0 Å². The average molecular weight is 290 g/mol. The van der Waals surface area contributed by atoms with Crippen LogP contribution in [0.3, 0.4) is 0 Å². The molecule has 2 rings (SSSR count). The van der Waals surface area contributed by atoms with Gasteiger partial charge < -0.3 is 5.11 Å². The molecule has 0 atom stereocenters. The van der Waals surface area contributed by atoms with Crippen molar-refractivity contribution in [2.24, 2.45) is 5.10 Å². The van der Waals surface area contributed by atoms with Crippen molar-refractivity contribution in [2.45, 2.75) is 11.8 Å². The van der Waals surface area contributed by atoms with Crippen molar-refractivity contribution >= 4 is 16.2 Å². The van der Waals surface area contributed by atoms with Crippen LogP contribution in [0.4, 0.5) is 0 Å². The Balaban J connectivity index is 2.14. The summed E-state index contributed by atoms with van der Waals surface area (Å²) < 4.78 is 23.7. The Morgan fingerprint density at radius 2 is 1.85 bits per heavy atom. The molecule has 0 aliphatic rings. The van der Waals surface area contributed by atoms with Gasteiger partial charge in [0.1, 0.15) is 5.75 Å². The molecule has 104 valence electrons. The van der Waals surface area contributed by atoms with Gasteiger partial charge in [-0.1, -0.05) is 24.3 Å². The standard InChI is InChI=1S/C14H14N2O3S/c1-11-7-8-12(14(17)9-11)10-15-16-20(18,19)13-5-3-2-4-6-13/h2-10,16-17H,1H3. The largest absolute Gasteiger partial charge is 0.507 e. The van der Waals surface area contributed by atoms with Crippen LogP contribution in [0.1, 0.15) is 11.1 Å². The number of nitrogens with zero attached hydrogens (tertiary/aromatic N) is 1. The number of aryl methyl sites for hydroxylation is 1. The molecule has 20 heavy (non-hydrogen) atoms. The predicted molar refractivity (Wildman–Crippen MR) is 77.2 cm³/mol. The number of nitrogens with one attached hydrogen (secondary N) is 1. The Bertz CT molecular complexity index is 725. The number of phenolic OH excluding ortho intramolecular Hbond substituents is 1. The van der Waals surface area contributed by atoms with Gasteiger partial charge in [0.15, 0.2) is 0 Å². The predicted octanol–water partition coefficient (Wildman–Crippen LogP) is 2.01. The smallest absolute Gasteiger partial charge is 0.276 e.